The van der Waals surface area contributed by atoms with Gasteiger partial charge in [0.1, 0.15) is 12.1 Å². The number of benzene rings is 1. The van der Waals surface area contributed by atoms with Gasteiger partial charge in [0.05, 0.1) is 29.7 Å². The number of amides is 1. The number of esters is 1. The average molecular weight is 374 g/mol. The second-order valence-electron chi connectivity index (χ2n) is 5.28. The van der Waals surface area contributed by atoms with Crippen molar-refractivity contribution in [2.45, 2.75) is 13.5 Å². The average Bonchev–Trinajstić information content (AvgIpc) is 3.22. The molecule has 2 heterocycles. The van der Waals surface area contributed by atoms with E-state index < -0.39 is 5.97 Å². The zero-order valence-corrected chi connectivity index (χ0v) is 14.7. The van der Waals surface area contributed by atoms with Gasteiger partial charge in [0.25, 0.3) is 0 Å². The Morgan fingerprint density at radius 3 is 2.62 bits per heavy atom. The number of hydrogen-bond donors (Lipinski definition) is 1. The van der Waals surface area contributed by atoms with Crippen LogP contribution in [0.4, 0.5) is 5.82 Å². The summed E-state index contributed by atoms with van der Waals surface area (Å²) >= 11 is 5.80. The van der Waals surface area contributed by atoms with Crippen LogP contribution in [0.15, 0.2) is 48.9 Å². The monoisotopic (exact) mass is 373 g/mol. The van der Waals surface area contributed by atoms with Crippen molar-refractivity contribution in [1.82, 2.24) is 19.6 Å². The number of nitrogens with zero attached hydrogens (tertiary/aromatic N) is 4. The van der Waals surface area contributed by atoms with Crippen LogP contribution in [0.5, 0.6) is 0 Å². The lowest BCUT2D eigenvalue weighted by Gasteiger charge is -2.11. The summed E-state index contributed by atoms with van der Waals surface area (Å²) in [4.78, 5) is 24.6. The molecule has 0 fully saturated rings. The first-order chi connectivity index (χ1) is 12.6. The number of carbonyl (C=O) groups is 2. The minimum Gasteiger partial charge on any atom is -0.462 e. The van der Waals surface area contributed by atoms with Gasteiger partial charge in [-0.1, -0.05) is 29.8 Å². The third-order valence-electron chi connectivity index (χ3n) is 3.43. The van der Waals surface area contributed by atoms with E-state index in [0.717, 1.165) is 0 Å². The molecule has 0 spiro atoms. The minimum atomic E-state index is -0.563. The van der Waals surface area contributed by atoms with Crippen LogP contribution in [0, 0.1) is 0 Å². The maximum absolute atomic E-state index is 12.4. The normalized spacial score (nSPS) is 10.5. The predicted molar refractivity (Wildman–Crippen MR) is 95.4 cm³/mol. The number of ether oxygens (including phenoxy) is 1. The molecule has 0 aliphatic heterocycles. The van der Waals surface area contributed by atoms with Crippen LogP contribution < -0.4 is 5.32 Å². The summed E-state index contributed by atoms with van der Waals surface area (Å²) in [6.45, 7) is 1.86. The minimum absolute atomic E-state index is 0.0606. The molecule has 1 aromatic carbocycles. The summed E-state index contributed by atoms with van der Waals surface area (Å²) in [5, 5.41) is 11.3. The van der Waals surface area contributed by atoms with Crippen molar-refractivity contribution >= 4 is 29.3 Å². The number of anilines is 1. The zero-order valence-electron chi connectivity index (χ0n) is 13.9. The topological polar surface area (TPSA) is 91.0 Å². The van der Waals surface area contributed by atoms with Crippen LogP contribution in [-0.4, -0.2) is 38.0 Å². The highest BCUT2D eigenvalue weighted by Crippen LogP contribution is 2.21. The number of rotatable bonds is 6. The second kappa shape index (κ2) is 7.83. The molecule has 3 rings (SSSR count). The second-order valence-corrected chi connectivity index (χ2v) is 5.72. The Balaban J connectivity index is 1.90. The van der Waals surface area contributed by atoms with Crippen LogP contribution in [0.1, 0.15) is 17.3 Å². The number of aromatic nitrogens is 4. The summed E-state index contributed by atoms with van der Waals surface area (Å²) in [7, 11) is 0. The molecule has 1 amide bonds. The molecule has 0 bridgehead atoms. The first-order valence-corrected chi connectivity index (χ1v) is 8.24. The van der Waals surface area contributed by atoms with Crippen molar-refractivity contribution in [2.75, 3.05) is 11.9 Å². The molecule has 0 aliphatic carbocycles. The SMILES string of the molecule is CCOC(=O)c1cnn(-c2ccccc2)c1NC(=O)Cn1cc(Cl)cn1. The van der Waals surface area contributed by atoms with Gasteiger partial charge in [-0.2, -0.15) is 10.2 Å². The van der Waals surface area contributed by atoms with Crippen molar-refractivity contribution in [1.29, 1.82) is 0 Å². The fraction of sp³-hybridized carbons (Fsp3) is 0.176. The molecule has 0 radical (unpaired) electrons. The summed E-state index contributed by atoms with van der Waals surface area (Å²) in [5.74, 6) is -0.710. The summed E-state index contributed by atoms with van der Waals surface area (Å²) in [6, 6.07) is 9.14. The Hall–Kier alpha value is -3.13. The Labute approximate surface area is 154 Å². The van der Waals surface area contributed by atoms with E-state index in [9.17, 15) is 9.59 Å². The largest absolute Gasteiger partial charge is 0.462 e. The Morgan fingerprint density at radius 2 is 1.96 bits per heavy atom. The highest BCUT2D eigenvalue weighted by Gasteiger charge is 2.21. The van der Waals surface area contributed by atoms with Gasteiger partial charge in [0.2, 0.25) is 5.91 Å². The molecule has 1 N–H and O–H groups in total. The standard InChI is InChI=1S/C17H16ClN5O3/c1-2-26-17(25)14-9-20-23(13-6-4-3-5-7-13)16(14)21-15(24)11-22-10-12(18)8-19-22/h3-10H,2,11H2,1H3,(H,21,24). The smallest absolute Gasteiger partial charge is 0.343 e. The summed E-state index contributed by atoms with van der Waals surface area (Å²) < 4.78 is 7.91. The number of para-hydroxylation sites is 1. The van der Waals surface area contributed by atoms with E-state index >= 15 is 0 Å². The quantitative estimate of drug-likeness (QED) is 0.670. The summed E-state index contributed by atoms with van der Waals surface area (Å²) in [6.07, 6.45) is 4.33. The molecule has 9 heteroatoms. The van der Waals surface area contributed by atoms with E-state index in [1.54, 1.807) is 6.92 Å². The highest BCUT2D eigenvalue weighted by molar-refractivity contribution is 6.30. The van der Waals surface area contributed by atoms with Gasteiger partial charge in [-0.3, -0.25) is 9.48 Å². The zero-order chi connectivity index (χ0) is 18.5. The molecule has 3 aromatic rings. The van der Waals surface area contributed by atoms with Crippen LogP contribution in [0.25, 0.3) is 5.69 Å². The van der Waals surface area contributed by atoms with E-state index in [-0.39, 0.29) is 30.4 Å². The van der Waals surface area contributed by atoms with Gasteiger partial charge < -0.3 is 10.1 Å². The van der Waals surface area contributed by atoms with Crippen LogP contribution >= 0.6 is 11.6 Å². The molecule has 8 nitrogen and oxygen atoms in total. The van der Waals surface area contributed by atoms with E-state index in [0.29, 0.717) is 10.7 Å². The Bertz CT molecular complexity index is 920. The van der Waals surface area contributed by atoms with Gasteiger partial charge in [-0.25, -0.2) is 9.48 Å². The number of halogens is 1. The van der Waals surface area contributed by atoms with E-state index in [1.807, 2.05) is 30.3 Å². The third kappa shape index (κ3) is 3.92. The van der Waals surface area contributed by atoms with Gasteiger partial charge in [0, 0.05) is 6.20 Å². The molecular weight excluding hydrogens is 358 g/mol. The Kier molecular flexibility index (Phi) is 5.33. The lowest BCUT2D eigenvalue weighted by atomic mass is 10.3. The van der Waals surface area contributed by atoms with Crippen molar-refractivity contribution < 1.29 is 14.3 Å². The number of nitrogens with one attached hydrogen (secondary N) is 1. The summed E-state index contributed by atoms with van der Waals surface area (Å²) in [5.41, 5.74) is 0.864. The van der Waals surface area contributed by atoms with Crippen LogP contribution in [-0.2, 0) is 16.1 Å². The fourth-order valence-corrected chi connectivity index (χ4v) is 2.49. The van der Waals surface area contributed by atoms with Crippen molar-refractivity contribution in [2.24, 2.45) is 0 Å². The Morgan fingerprint density at radius 1 is 1.19 bits per heavy atom. The van der Waals surface area contributed by atoms with Gasteiger partial charge >= 0.3 is 5.97 Å². The first kappa shape index (κ1) is 17.7. The van der Waals surface area contributed by atoms with Crippen LogP contribution in [0.3, 0.4) is 0 Å². The molecule has 134 valence electrons. The third-order valence-corrected chi connectivity index (χ3v) is 3.63. The van der Waals surface area contributed by atoms with Crippen molar-refractivity contribution in [3.05, 3.63) is 59.5 Å². The fourth-order valence-electron chi connectivity index (χ4n) is 2.34. The molecule has 2 aromatic heterocycles. The predicted octanol–water partition coefficient (Wildman–Crippen LogP) is 2.54. The van der Waals surface area contributed by atoms with Crippen LogP contribution in [0.2, 0.25) is 5.02 Å². The maximum atomic E-state index is 12.4. The van der Waals surface area contributed by atoms with Crippen molar-refractivity contribution in [3.63, 3.8) is 0 Å². The molecular formula is C17H16ClN5O3. The van der Waals surface area contributed by atoms with Gasteiger partial charge in [-0.05, 0) is 19.1 Å². The number of hydrogen-bond acceptors (Lipinski definition) is 5. The lowest BCUT2D eigenvalue weighted by molar-refractivity contribution is -0.116. The lowest BCUT2D eigenvalue weighted by Crippen LogP contribution is -2.22. The van der Waals surface area contributed by atoms with Gasteiger partial charge in [0.15, 0.2) is 5.82 Å². The van der Waals surface area contributed by atoms with E-state index in [2.05, 4.69) is 15.5 Å². The molecule has 0 unspecified atom stereocenters. The highest BCUT2D eigenvalue weighted by atomic mass is 35.5. The van der Waals surface area contributed by atoms with Gasteiger partial charge in [-0.15, -0.1) is 0 Å². The molecule has 26 heavy (non-hydrogen) atoms. The van der Waals surface area contributed by atoms with E-state index in [1.165, 1.54) is 28.0 Å². The molecule has 0 atom stereocenters. The maximum Gasteiger partial charge on any atom is 0.343 e. The van der Waals surface area contributed by atoms with Crippen molar-refractivity contribution in [3.8, 4) is 5.69 Å². The van der Waals surface area contributed by atoms with E-state index in [4.69, 9.17) is 16.3 Å². The molecule has 0 saturated carbocycles. The number of carbonyl (C=O) groups excluding carboxylic acids is 2. The molecule has 0 saturated heterocycles. The molecule has 0 aliphatic rings. The first-order valence-electron chi connectivity index (χ1n) is 7.87.